The average Bonchev–Trinajstić information content (AvgIpc) is 2.65. The summed E-state index contributed by atoms with van der Waals surface area (Å²) in [4.78, 5) is 20.4. The molecule has 0 aliphatic carbocycles. The quantitative estimate of drug-likeness (QED) is 0.0818. The molecular weight excluding hydrogens is 582 g/mol. The molecule has 4 nitrogen and oxygen atoms in total. The van der Waals surface area contributed by atoms with Gasteiger partial charge in [0.1, 0.15) is 0 Å². The zero-order chi connectivity index (χ0) is 21.3. The van der Waals surface area contributed by atoms with E-state index < -0.39 is 11.9 Å². The summed E-state index contributed by atoms with van der Waals surface area (Å²) in [6.07, 6.45) is 20.3. The summed E-state index contributed by atoms with van der Waals surface area (Å²) >= 11 is 4.83. The molecule has 0 aliphatic heterocycles. The first kappa shape index (κ1) is 30.6. The van der Waals surface area contributed by atoms with Gasteiger partial charge in [0.15, 0.2) is 0 Å². The van der Waals surface area contributed by atoms with E-state index in [-0.39, 0.29) is 0 Å². The van der Waals surface area contributed by atoms with Crippen LogP contribution in [0.3, 0.4) is 0 Å². The van der Waals surface area contributed by atoms with Crippen molar-refractivity contribution < 1.29 is 19.8 Å². The molecule has 0 aromatic heterocycles. The Morgan fingerprint density at radius 1 is 0.429 bits per heavy atom. The summed E-state index contributed by atoms with van der Waals surface area (Å²) in [7, 11) is 0. The van der Waals surface area contributed by atoms with E-state index in [1.807, 2.05) is 0 Å². The fourth-order valence-corrected chi connectivity index (χ4v) is 3.94. The Morgan fingerprint density at radius 3 is 0.857 bits per heavy atom. The zero-order valence-electron chi connectivity index (χ0n) is 17.6. The van der Waals surface area contributed by atoms with Crippen LogP contribution in [0, 0.1) is 0 Å². The van der Waals surface area contributed by atoms with E-state index in [1.165, 1.54) is 85.9 Å². The lowest BCUT2D eigenvalue weighted by atomic mass is 10.1. The Morgan fingerprint density at radius 2 is 0.643 bits per heavy atom. The molecule has 0 aromatic carbocycles. The normalized spacial score (nSPS) is 10.4. The van der Waals surface area contributed by atoms with Crippen LogP contribution < -0.4 is 0 Å². The smallest absolute Gasteiger partial charge is 0.303 e. The Bertz CT molecular complexity index is 306. The lowest BCUT2D eigenvalue weighted by Gasteiger charge is -2.00. The van der Waals surface area contributed by atoms with Gasteiger partial charge in [-0.2, -0.15) is 0 Å². The minimum Gasteiger partial charge on any atom is -0.481 e. The Balaban J connectivity index is 0. The molecule has 0 spiro atoms. The van der Waals surface area contributed by atoms with E-state index in [0.717, 1.165) is 25.7 Å². The summed E-state index contributed by atoms with van der Waals surface area (Å²) < 4.78 is 2.55. The van der Waals surface area contributed by atoms with E-state index in [0.29, 0.717) is 12.8 Å². The zero-order valence-corrected chi connectivity index (χ0v) is 21.9. The van der Waals surface area contributed by atoms with Crippen LogP contribution in [0.2, 0.25) is 0 Å². The highest BCUT2D eigenvalue weighted by Gasteiger charge is 1.97. The lowest BCUT2D eigenvalue weighted by Crippen LogP contribution is -1.93. The SMILES string of the molecule is O=C(O)CCCCCCCCCCI.O=C(O)CCCCCCCCCCI. The van der Waals surface area contributed by atoms with Crippen LogP contribution in [-0.2, 0) is 9.59 Å². The standard InChI is InChI=1S/2C11H21IO2/c2*12-10-8-6-4-2-1-3-5-7-9-11(13)14/h2*1-10H2,(H,13,14). The van der Waals surface area contributed by atoms with E-state index >= 15 is 0 Å². The van der Waals surface area contributed by atoms with Crippen molar-refractivity contribution in [1.29, 1.82) is 0 Å². The fraction of sp³-hybridized carbons (Fsp3) is 0.909. The monoisotopic (exact) mass is 624 g/mol. The van der Waals surface area contributed by atoms with Crippen LogP contribution in [0.25, 0.3) is 0 Å². The molecular formula is C22H42I2O4. The van der Waals surface area contributed by atoms with Crippen LogP contribution >= 0.6 is 45.2 Å². The molecule has 0 bridgehead atoms. The Hall–Kier alpha value is 0.400. The third-order valence-electron chi connectivity index (χ3n) is 4.55. The van der Waals surface area contributed by atoms with Gasteiger partial charge in [-0.25, -0.2) is 0 Å². The molecule has 28 heavy (non-hydrogen) atoms. The predicted octanol–water partition coefficient (Wildman–Crippen LogP) is 8.03. The van der Waals surface area contributed by atoms with Crippen LogP contribution in [0.1, 0.15) is 116 Å². The second-order valence-corrected chi connectivity index (χ2v) is 9.48. The predicted molar refractivity (Wildman–Crippen MR) is 136 cm³/mol. The number of carboxylic acid groups (broad SMARTS) is 2. The highest BCUT2D eigenvalue weighted by molar-refractivity contribution is 14.1. The van der Waals surface area contributed by atoms with Gasteiger partial charge in [-0.1, -0.05) is 122 Å². The minimum atomic E-state index is -0.660. The van der Waals surface area contributed by atoms with E-state index in [9.17, 15) is 9.59 Å². The van der Waals surface area contributed by atoms with Gasteiger partial charge in [0.05, 0.1) is 0 Å². The number of hydrogen-bond donors (Lipinski definition) is 2. The number of carbonyl (C=O) groups is 2. The number of aliphatic carboxylic acids is 2. The van der Waals surface area contributed by atoms with Crippen LogP contribution in [0.5, 0.6) is 0 Å². The molecule has 0 unspecified atom stereocenters. The second kappa shape index (κ2) is 27.4. The first-order valence-electron chi connectivity index (χ1n) is 11.1. The van der Waals surface area contributed by atoms with Crippen molar-refractivity contribution in [2.75, 3.05) is 8.86 Å². The molecule has 0 atom stereocenters. The molecule has 0 saturated carbocycles. The molecule has 0 heterocycles. The van der Waals surface area contributed by atoms with Gasteiger partial charge >= 0.3 is 11.9 Å². The summed E-state index contributed by atoms with van der Waals surface area (Å²) in [5, 5.41) is 16.8. The first-order chi connectivity index (χ1) is 13.5. The molecule has 6 heteroatoms. The largest absolute Gasteiger partial charge is 0.481 e. The summed E-state index contributed by atoms with van der Waals surface area (Å²) in [6.45, 7) is 0. The number of alkyl halides is 2. The Labute approximate surface area is 200 Å². The van der Waals surface area contributed by atoms with Crippen molar-refractivity contribution in [1.82, 2.24) is 0 Å². The summed E-state index contributed by atoms with van der Waals surface area (Å²) in [6, 6.07) is 0. The number of rotatable bonds is 20. The molecule has 0 radical (unpaired) electrons. The Kier molecular flexibility index (Phi) is 29.9. The van der Waals surface area contributed by atoms with Gasteiger partial charge in [-0.15, -0.1) is 0 Å². The van der Waals surface area contributed by atoms with Crippen molar-refractivity contribution >= 4 is 57.1 Å². The highest BCUT2D eigenvalue weighted by atomic mass is 127. The molecule has 0 rings (SSSR count). The molecule has 0 aliphatic rings. The van der Waals surface area contributed by atoms with Crippen molar-refractivity contribution in [2.24, 2.45) is 0 Å². The number of unbranched alkanes of at least 4 members (excludes halogenated alkanes) is 14. The van der Waals surface area contributed by atoms with Gasteiger partial charge < -0.3 is 10.2 Å². The summed E-state index contributed by atoms with van der Waals surface area (Å²) in [5.41, 5.74) is 0. The molecule has 0 amide bonds. The van der Waals surface area contributed by atoms with E-state index in [1.54, 1.807) is 0 Å². The second-order valence-electron chi connectivity index (χ2n) is 7.32. The molecule has 0 aromatic rings. The van der Waals surface area contributed by atoms with Crippen LogP contribution in [0.15, 0.2) is 0 Å². The maximum Gasteiger partial charge on any atom is 0.303 e. The van der Waals surface area contributed by atoms with Gasteiger partial charge in [0, 0.05) is 12.8 Å². The van der Waals surface area contributed by atoms with Crippen molar-refractivity contribution in [3.63, 3.8) is 0 Å². The van der Waals surface area contributed by atoms with Crippen LogP contribution in [-0.4, -0.2) is 31.0 Å². The van der Waals surface area contributed by atoms with Crippen molar-refractivity contribution in [2.45, 2.75) is 116 Å². The van der Waals surface area contributed by atoms with Crippen LogP contribution in [0.4, 0.5) is 0 Å². The van der Waals surface area contributed by atoms with Crippen molar-refractivity contribution in [3.05, 3.63) is 0 Å². The average molecular weight is 624 g/mol. The number of halogens is 2. The van der Waals surface area contributed by atoms with Gasteiger partial charge in [-0.3, -0.25) is 9.59 Å². The minimum absolute atomic E-state index is 0.342. The first-order valence-corrected chi connectivity index (χ1v) is 14.1. The topological polar surface area (TPSA) is 74.6 Å². The molecule has 0 fully saturated rings. The third kappa shape index (κ3) is 33.9. The van der Waals surface area contributed by atoms with Gasteiger partial charge in [-0.05, 0) is 34.5 Å². The lowest BCUT2D eigenvalue weighted by molar-refractivity contribution is -0.138. The maximum absolute atomic E-state index is 10.2. The van der Waals surface area contributed by atoms with Gasteiger partial charge in [0.2, 0.25) is 0 Å². The van der Waals surface area contributed by atoms with Crippen molar-refractivity contribution in [3.8, 4) is 0 Å². The molecule has 0 saturated heterocycles. The van der Waals surface area contributed by atoms with Gasteiger partial charge in [0.25, 0.3) is 0 Å². The number of carboxylic acids is 2. The summed E-state index contributed by atoms with van der Waals surface area (Å²) in [5.74, 6) is -1.32. The molecule has 2 N–H and O–H groups in total. The van der Waals surface area contributed by atoms with E-state index in [4.69, 9.17) is 10.2 Å². The fourth-order valence-electron chi connectivity index (χ4n) is 2.86. The molecule has 168 valence electrons. The number of hydrogen-bond acceptors (Lipinski definition) is 2. The maximum atomic E-state index is 10.2. The van der Waals surface area contributed by atoms with E-state index in [2.05, 4.69) is 45.2 Å². The highest BCUT2D eigenvalue weighted by Crippen LogP contribution is 2.11. The third-order valence-corrected chi connectivity index (χ3v) is 6.07.